The zero-order chi connectivity index (χ0) is 23.8. The molecule has 0 bridgehead atoms. The number of nitrogens with one attached hydrogen (secondary N) is 2. The summed E-state index contributed by atoms with van der Waals surface area (Å²) in [6.45, 7) is 0.689. The van der Waals surface area contributed by atoms with E-state index in [4.69, 9.17) is 4.74 Å². The Morgan fingerprint density at radius 3 is 2.32 bits per heavy atom. The van der Waals surface area contributed by atoms with Gasteiger partial charge in [0.05, 0.1) is 6.61 Å². The van der Waals surface area contributed by atoms with Crippen LogP contribution in [0.1, 0.15) is 45.6 Å². The molecule has 0 saturated carbocycles. The summed E-state index contributed by atoms with van der Waals surface area (Å²) in [5.41, 5.74) is 5.52. The Morgan fingerprint density at radius 2 is 1.74 bits per heavy atom. The molecule has 34 heavy (non-hydrogen) atoms. The summed E-state index contributed by atoms with van der Waals surface area (Å²) >= 11 is 0. The molecule has 10 nitrogen and oxygen atoms in total. The first kappa shape index (κ1) is 26.7. The van der Waals surface area contributed by atoms with Gasteiger partial charge < -0.3 is 15.0 Å². The van der Waals surface area contributed by atoms with E-state index in [1.54, 1.807) is 7.05 Å². The molecule has 1 radical (unpaired) electrons. The van der Waals surface area contributed by atoms with Crippen molar-refractivity contribution in [3.05, 3.63) is 40.1 Å². The number of sulfonamides is 1. The van der Waals surface area contributed by atoms with Gasteiger partial charge in [-0.25, -0.2) is 9.52 Å². The van der Waals surface area contributed by atoms with Crippen LogP contribution in [0.5, 0.6) is 0 Å². The molecule has 0 spiro atoms. The molecule has 4 rings (SSSR count). The number of likely N-dealkylation sites (N-methyl/N-ethyl adjacent to an activating group) is 1. The Hall–Kier alpha value is -1.92. The molecular formula is C22H29N5NaO5S. The number of methoxy groups -OCH3 is 1. The molecular weight excluding hydrogens is 469 g/mol. The largest absolute Gasteiger partial charge is 0.383 e. The Bertz CT molecular complexity index is 1180. The number of hydrogen-bond acceptors (Lipinski definition) is 6. The summed E-state index contributed by atoms with van der Waals surface area (Å²) in [5, 5.41) is 6.35. The van der Waals surface area contributed by atoms with Crippen molar-refractivity contribution in [1.29, 1.82) is 0 Å². The van der Waals surface area contributed by atoms with Crippen molar-refractivity contribution in [3.63, 3.8) is 0 Å². The van der Waals surface area contributed by atoms with Gasteiger partial charge >= 0.3 is 6.03 Å². The molecule has 2 aliphatic carbocycles. The van der Waals surface area contributed by atoms with E-state index in [0.29, 0.717) is 13.2 Å². The molecule has 0 unspecified atom stereocenters. The Balaban J connectivity index is 0.00000324. The molecule has 0 aliphatic heterocycles. The number of aromatic nitrogens is 2. The number of carbonyl (C=O) groups excluding carboxylic acids is 2. The van der Waals surface area contributed by atoms with E-state index in [1.807, 2.05) is 4.72 Å². The minimum atomic E-state index is -4.28. The first-order valence-corrected chi connectivity index (χ1v) is 12.5. The Labute approximate surface area is 221 Å². The van der Waals surface area contributed by atoms with Crippen LogP contribution in [0, 0.1) is 0 Å². The molecule has 12 heteroatoms. The maximum atomic E-state index is 12.8. The van der Waals surface area contributed by atoms with Crippen LogP contribution in [0.25, 0.3) is 0 Å². The standard InChI is InChI=1S/C22H29N5O5S.Na/c1-26(10-11-32-3)21(28)18-13-19(24-27(18)2)33(30,31)25-22(29)23-20-16-8-4-6-14(16)12-15-7-5-9-17(15)20;/h12-13H,4-11H2,1-3H3,(H2,23,25,29);. The topological polar surface area (TPSA) is 123 Å². The van der Waals surface area contributed by atoms with Gasteiger partial charge in [-0.15, -0.1) is 0 Å². The van der Waals surface area contributed by atoms with E-state index in [9.17, 15) is 18.0 Å². The third kappa shape index (κ3) is 5.33. The van der Waals surface area contributed by atoms with E-state index in [0.717, 1.165) is 55.3 Å². The van der Waals surface area contributed by atoms with E-state index >= 15 is 0 Å². The first-order chi connectivity index (χ1) is 15.7. The number of benzene rings is 1. The summed E-state index contributed by atoms with van der Waals surface area (Å²) in [6.07, 6.45) is 5.73. The normalized spacial score (nSPS) is 14.2. The maximum absolute atomic E-state index is 12.8. The fourth-order valence-corrected chi connectivity index (χ4v) is 5.47. The van der Waals surface area contributed by atoms with Crippen LogP contribution in [-0.2, 0) is 47.5 Å². The van der Waals surface area contributed by atoms with Gasteiger partial charge in [-0.2, -0.15) is 13.5 Å². The van der Waals surface area contributed by atoms with Crippen molar-refractivity contribution >= 4 is 57.2 Å². The van der Waals surface area contributed by atoms with Crippen molar-refractivity contribution in [1.82, 2.24) is 19.4 Å². The smallest absolute Gasteiger partial charge is 0.333 e. The second kappa shape index (κ2) is 10.8. The number of carbonyl (C=O) groups is 2. The molecule has 179 valence electrons. The number of fused-ring (bicyclic) bond motifs is 2. The van der Waals surface area contributed by atoms with Gasteiger partial charge in [0.25, 0.3) is 15.9 Å². The van der Waals surface area contributed by atoms with Crippen LogP contribution in [0.3, 0.4) is 0 Å². The van der Waals surface area contributed by atoms with Crippen LogP contribution in [-0.4, -0.2) is 91.9 Å². The molecule has 0 fully saturated rings. The third-order valence-electron chi connectivity index (χ3n) is 6.27. The van der Waals surface area contributed by atoms with Crippen LogP contribution < -0.4 is 10.0 Å². The van der Waals surface area contributed by atoms with Gasteiger partial charge in [-0.3, -0.25) is 9.48 Å². The molecule has 0 atom stereocenters. The number of aryl methyl sites for hydroxylation is 3. The SMILES string of the molecule is COCCN(C)C(=O)c1cc(S(=O)(=O)NC(=O)Nc2c3c(cc4c2CCC4)CCC3)nn1C.[Na]. The molecule has 3 amide bonds. The Kier molecular flexibility index (Phi) is 8.46. The number of rotatable bonds is 7. The summed E-state index contributed by atoms with van der Waals surface area (Å²) in [5.74, 6) is -0.400. The second-order valence-electron chi connectivity index (χ2n) is 8.50. The number of ether oxygens (including phenoxy) is 1. The van der Waals surface area contributed by atoms with Gasteiger partial charge in [-0.05, 0) is 60.8 Å². The summed E-state index contributed by atoms with van der Waals surface area (Å²) in [7, 11) is 0.322. The van der Waals surface area contributed by atoms with E-state index < -0.39 is 27.0 Å². The van der Waals surface area contributed by atoms with E-state index in [2.05, 4.69) is 16.5 Å². The van der Waals surface area contributed by atoms with Crippen molar-refractivity contribution in [2.75, 3.05) is 32.6 Å². The monoisotopic (exact) mass is 498 g/mol. The molecule has 1 aromatic heterocycles. The molecule has 0 saturated heterocycles. The predicted octanol–water partition coefficient (Wildman–Crippen LogP) is 1.25. The summed E-state index contributed by atoms with van der Waals surface area (Å²) in [4.78, 5) is 26.7. The number of nitrogens with zero attached hydrogens (tertiary/aromatic N) is 3. The minimum absolute atomic E-state index is 0. The quantitative estimate of drug-likeness (QED) is 0.554. The first-order valence-electron chi connectivity index (χ1n) is 11.0. The zero-order valence-electron chi connectivity index (χ0n) is 20.1. The summed E-state index contributed by atoms with van der Waals surface area (Å²) in [6, 6.07) is 2.57. The minimum Gasteiger partial charge on any atom is -0.383 e. The average Bonchev–Trinajstić information content (AvgIpc) is 3.50. The van der Waals surface area contributed by atoms with E-state index in [1.165, 1.54) is 40.9 Å². The summed E-state index contributed by atoms with van der Waals surface area (Å²) < 4.78 is 33.9. The number of amides is 3. The number of anilines is 1. The van der Waals surface area contributed by atoms with Crippen molar-refractivity contribution in [2.24, 2.45) is 7.05 Å². The second-order valence-corrected chi connectivity index (χ2v) is 10.1. The van der Waals surface area contributed by atoms with Gasteiger partial charge in [0.1, 0.15) is 5.69 Å². The van der Waals surface area contributed by atoms with Crippen molar-refractivity contribution in [2.45, 2.75) is 43.6 Å². The molecule has 2 aliphatic rings. The molecule has 1 heterocycles. The number of hydrogen-bond donors (Lipinski definition) is 2. The van der Waals surface area contributed by atoms with Gasteiger partial charge in [0.15, 0.2) is 5.03 Å². The average molecular weight is 499 g/mol. The third-order valence-corrected chi connectivity index (χ3v) is 7.47. The fourth-order valence-electron chi connectivity index (χ4n) is 4.58. The number of urea groups is 1. The van der Waals surface area contributed by atoms with Crippen LogP contribution in [0.2, 0.25) is 0 Å². The van der Waals surface area contributed by atoms with Gasteiger partial charge in [0.2, 0.25) is 0 Å². The van der Waals surface area contributed by atoms with E-state index in [-0.39, 0.29) is 35.3 Å². The molecule has 1 aromatic carbocycles. The predicted molar refractivity (Wildman–Crippen MR) is 128 cm³/mol. The van der Waals surface area contributed by atoms with Crippen molar-refractivity contribution in [3.8, 4) is 0 Å². The molecule has 2 aromatic rings. The van der Waals surface area contributed by atoms with Crippen LogP contribution in [0.15, 0.2) is 17.2 Å². The fraction of sp³-hybridized carbons (Fsp3) is 0.500. The van der Waals surface area contributed by atoms with Crippen molar-refractivity contribution < 1.29 is 22.7 Å². The van der Waals surface area contributed by atoms with Crippen LogP contribution in [0.4, 0.5) is 10.5 Å². The maximum Gasteiger partial charge on any atom is 0.333 e. The van der Waals surface area contributed by atoms with Gasteiger partial charge in [0, 0.05) is 69.1 Å². The molecule has 2 N–H and O–H groups in total. The Morgan fingerprint density at radius 1 is 1.12 bits per heavy atom. The van der Waals surface area contributed by atoms with Crippen LogP contribution >= 0.6 is 0 Å². The van der Waals surface area contributed by atoms with Gasteiger partial charge in [-0.1, -0.05) is 6.07 Å². The zero-order valence-corrected chi connectivity index (χ0v) is 22.9.